The number of amides is 2. The van der Waals surface area contributed by atoms with Crippen molar-refractivity contribution in [1.82, 2.24) is 9.97 Å². The third-order valence-electron chi connectivity index (χ3n) is 1.89. The van der Waals surface area contributed by atoms with E-state index in [1.54, 1.807) is 0 Å². The fraction of sp³-hybridized carbons (Fsp3) is 0.250. The van der Waals surface area contributed by atoms with Gasteiger partial charge in [-0.15, -0.1) is 0 Å². The maximum atomic E-state index is 11.3. The van der Waals surface area contributed by atoms with Gasteiger partial charge in [-0.3, -0.25) is 9.59 Å². The predicted octanol–water partition coefficient (Wildman–Crippen LogP) is 0.892. The molecule has 0 aliphatic carbocycles. The van der Waals surface area contributed by atoms with E-state index in [2.05, 4.69) is 25.9 Å². The van der Waals surface area contributed by atoms with Gasteiger partial charge in [0.25, 0.3) is 0 Å². The van der Waals surface area contributed by atoms with Gasteiger partial charge in [-0.1, -0.05) is 0 Å². The largest absolute Gasteiger partial charge is 0.274 e. The zero-order valence-electron chi connectivity index (χ0n) is 7.11. The van der Waals surface area contributed by atoms with Crippen LogP contribution in [-0.2, 0) is 9.59 Å². The first-order valence-corrected chi connectivity index (χ1v) is 4.81. The van der Waals surface area contributed by atoms with E-state index in [1.807, 2.05) is 0 Å². The van der Waals surface area contributed by atoms with Crippen molar-refractivity contribution < 1.29 is 9.59 Å². The molecule has 1 fully saturated rings. The summed E-state index contributed by atoms with van der Waals surface area (Å²) in [4.78, 5) is 31.5. The second-order valence-electron chi connectivity index (χ2n) is 2.82. The van der Waals surface area contributed by atoms with E-state index in [1.165, 1.54) is 12.4 Å². The number of anilines is 1. The molecule has 5 nitrogen and oxygen atoms in total. The van der Waals surface area contributed by atoms with Crippen LogP contribution in [0.4, 0.5) is 5.82 Å². The molecule has 2 rings (SSSR count). The number of halogens is 1. The molecule has 1 aromatic heterocycles. The molecule has 0 spiro atoms. The minimum absolute atomic E-state index is 0.216. The number of hydrogen-bond acceptors (Lipinski definition) is 4. The Morgan fingerprint density at radius 3 is 2.29 bits per heavy atom. The lowest BCUT2D eigenvalue weighted by molar-refractivity contribution is -0.121. The second-order valence-corrected chi connectivity index (χ2v) is 3.63. The van der Waals surface area contributed by atoms with Crippen molar-refractivity contribution in [3.8, 4) is 0 Å². The molecule has 6 heteroatoms. The molecule has 0 atom stereocenters. The average molecular weight is 256 g/mol. The van der Waals surface area contributed by atoms with E-state index >= 15 is 0 Å². The molecule has 1 aromatic rings. The van der Waals surface area contributed by atoms with E-state index in [0.717, 1.165) is 4.90 Å². The normalized spacial score (nSPS) is 16.5. The maximum absolute atomic E-state index is 11.3. The number of aromatic nitrogens is 2. The number of rotatable bonds is 1. The molecule has 1 aliphatic rings. The summed E-state index contributed by atoms with van der Waals surface area (Å²) in [5.74, 6) is -0.140. The number of hydrogen-bond donors (Lipinski definition) is 0. The monoisotopic (exact) mass is 255 g/mol. The van der Waals surface area contributed by atoms with Gasteiger partial charge in [-0.25, -0.2) is 14.9 Å². The molecule has 0 unspecified atom stereocenters. The van der Waals surface area contributed by atoms with Gasteiger partial charge >= 0.3 is 0 Å². The first-order valence-electron chi connectivity index (χ1n) is 4.02. The molecule has 1 aliphatic heterocycles. The van der Waals surface area contributed by atoms with E-state index in [9.17, 15) is 9.59 Å². The highest BCUT2D eigenvalue weighted by molar-refractivity contribution is 9.10. The Kier molecular flexibility index (Phi) is 2.28. The Labute approximate surface area is 88.3 Å². The van der Waals surface area contributed by atoms with Gasteiger partial charge in [0.1, 0.15) is 4.60 Å². The smallest absolute Gasteiger partial charge is 0.235 e. The van der Waals surface area contributed by atoms with E-state index in [4.69, 9.17) is 0 Å². The molecule has 0 bridgehead atoms. The van der Waals surface area contributed by atoms with Gasteiger partial charge in [0, 0.05) is 12.8 Å². The standard InChI is InChI=1S/C8H6BrN3O2/c9-5-3-11-6(4-10-5)12-7(13)1-2-8(12)14/h3-4H,1-2H2. The van der Waals surface area contributed by atoms with Crippen LogP contribution in [0.5, 0.6) is 0 Å². The summed E-state index contributed by atoms with van der Waals surface area (Å²) in [5, 5.41) is 0. The van der Waals surface area contributed by atoms with Gasteiger partial charge in [0.15, 0.2) is 5.82 Å². The van der Waals surface area contributed by atoms with Crippen molar-refractivity contribution >= 4 is 33.6 Å². The van der Waals surface area contributed by atoms with Crippen molar-refractivity contribution in [3.05, 3.63) is 17.0 Å². The van der Waals surface area contributed by atoms with Gasteiger partial charge in [0.05, 0.1) is 12.4 Å². The van der Waals surface area contributed by atoms with Crippen molar-refractivity contribution in [2.24, 2.45) is 0 Å². The minimum atomic E-state index is -0.216. The molecule has 72 valence electrons. The van der Waals surface area contributed by atoms with Crippen LogP contribution in [0.15, 0.2) is 17.0 Å². The molecule has 0 N–H and O–H groups in total. The molecule has 2 heterocycles. The van der Waals surface area contributed by atoms with Crippen LogP contribution >= 0.6 is 15.9 Å². The highest BCUT2D eigenvalue weighted by atomic mass is 79.9. The molecular weight excluding hydrogens is 250 g/mol. The summed E-state index contributed by atoms with van der Waals surface area (Å²) >= 11 is 3.12. The molecule has 1 saturated heterocycles. The maximum Gasteiger partial charge on any atom is 0.235 e. The first kappa shape index (κ1) is 9.26. The summed E-state index contributed by atoms with van der Waals surface area (Å²) in [6.07, 6.45) is 3.37. The summed E-state index contributed by atoms with van der Waals surface area (Å²) in [7, 11) is 0. The molecule has 14 heavy (non-hydrogen) atoms. The van der Waals surface area contributed by atoms with Gasteiger partial charge in [-0.2, -0.15) is 0 Å². The fourth-order valence-corrected chi connectivity index (χ4v) is 1.46. The SMILES string of the molecule is O=C1CCC(=O)N1c1cnc(Br)cn1. The Hall–Kier alpha value is -1.30. The lowest BCUT2D eigenvalue weighted by Gasteiger charge is -2.11. The van der Waals surface area contributed by atoms with Crippen LogP contribution in [0.1, 0.15) is 12.8 Å². The predicted molar refractivity (Wildman–Crippen MR) is 51.5 cm³/mol. The van der Waals surface area contributed by atoms with Crippen molar-refractivity contribution in [3.63, 3.8) is 0 Å². The zero-order chi connectivity index (χ0) is 10.1. The van der Waals surface area contributed by atoms with E-state index in [-0.39, 0.29) is 24.7 Å². The lowest BCUT2D eigenvalue weighted by Crippen LogP contribution is -2.29. The van der Waals surface area contributed by atoms with E-state index in [0.29, 0.717) is 10.4 Å². The van der Waals surface area contributed by atoms with Gasteiger partial charge < -0.3 is 0 Å². The number of imide groups is 1. The highest BCUT2D eigenvalue weighted by Crippen LogP contribution is 2.19. The highest BCUT2D eigenvalue weighted by Gasteiger charge is 2.31. The van der Waals surface area contributed by atoms with E-state index < -0.39 is 0 Å². The average Bonchev–Trinajstić information content (AvgIpc) is 2.49. The fourth-order valence-electron chi connectivity index (χ4n) is 1.25. The van der Waals surface area contributed by atoms with Crippen molar-refractivity contribution in [2.45, 2.75) is 12.8 Å². The summed E-state index contributed by atoms with van der Waals surface area (Å²) in [6.45, 7) is 0. The molecule has 0 aromatic carbocycles. The summed E-state index contributed by atoms with van der Waals surface area (Å²) < 4.78 is 0.570. The number of carbonyl (C=O) groups is 2. The number of nitrogens with zero attached hydrogens (tertiary/aromatic N) is 3. The Bertz CT molecular complexity index is 374. The lowest BCUT2D eigenvalue weighted by atomic mass is 10.4. The first-order chi connectivity index (χ1) is 6.68. The third kappa shape index (κ3) is 1.52. The topological polar surface area (TPSA) is 63.2 Å². The summed E-state index contributed by atoms with van der Waals surface area (Å²) in [5.41, 5.74) is 0. The minimum Gasteiger partial charge on any atom is -0.274 e. The third-order valence-corrected chi connectivity index (χ3v) is 2.30. The zero-order valence-corrected chi connectivity index (χ0v) is 8.69. The van der Waals surface area contributed by atoms with Crippen LogP contribution in [0, 0.1) is 0 Å². The van der Waals surface area contributed by atoms with Gasteiger partial charge in [-0.05, 0) is 15.9 Å². The van der Waals surface area contributed by atoms with Crippen LogP contribution in [0.25, 0.3) is 0 Å². The second kappa shape index (κ2) is 3.45. The summed E-state index contributed by atoms with van der Waals surface area (Å²) in [6, 6.07) is 0. The van der Waals surface area contributed by atoms with Crippen molar-refractivity contribution in [2.75, 3.05) is 4.90 Å². The van der Waals surface area contributed by atoms with Crippen molar-refractivity contribution in [1.29, 1.82) is 0 Å². The quantitative estimate of drug-likeness (QED) is 0.700. The molecule has 2 amide bonds. The molecule has 0 saturated carbocycles. The van der Waals surface area contributed by atoms with Crippen LogP contribution in [-0.4, -0.2) is 21.8 Å². The Balaban J connectivity index is 2.34. The Morgan fingerprint density at radius 1 is 1.14 bits per heavy atom. The Morgan fingerprint density at radius 2 is 1.79 bits per heavy atom. The van der Waals surface area contributed by atoms with Crippen LogP contribution < -0.4 is 4.90 Å². The van der Waals surface area contributed by atoms with Gasteiger partial charge in [0.2, 0.25) is 11.8 Å². The number of carbonyl (C=O) groups excluding carboxylic acids is 2. The van der Waals surface area contributed by atoms with Crippen LogP contribution in [0.2, 0.25) is 0 Å². The molecule has 0 radical (unpaired) electrons. The van der Waals surface area contributed by atoms with Crippen LogP contribution in [0.3, 0.4) is 0 Å². The molecular formula is C8H6BrN3O2.